The van der Waals surface area contributed by atoms with Crippen molar-refractivity contribution in [3.8, 4) is 28.6 Å². The van der Waals surface area contributed by atoms with Crippen LogP contribution in [-0.2, 0) is 4.79 Å². The number of hydrogen-bond donors (Lipinski definition) is 0. The van der Waals surface area contributed by atoms with Gasteiger partial charge in [0.2, 0.25) is 5.75 Å². The van der Waals surface area contributed by atoms with E-state index in [0.29, 0.717) is 44.5 Å². The molecular formula is C20H21NO5S2. The number of hydrogen-bond acceptors (Lipinski definition) is 7. The summed E-state index contributed by atoms with van der Waals surface area (Å²) in [7, 11) is 4.68. The number of furan rings is 1. The van der Waals surface area contributed by atoms with Crippen molar-refractivity contribution >= 4 is 40.3 Å². The van der Waals surface area contributed by atoms with Crippen molar-refractivity contribution in [3.05, 3.63) is 34.9 Å². The van der Waals surface area contributed by atoms with Crippen LogP contribution in [-0.4, -0.2) is 43.0 Å². The van der Waals surface area contributed by atoms with Gasteiger partial charge < -0.3 is 18.6 Å². The summed E-state index contributed by atoms with van der Waals surface area (Å²) in [5, 5.41) is 0. The Labute approximate surface area is 173 Å². The molecule has 1 aromatic heterocycles. The molecule has 6 nitrogen and oxygen atoms in total. The van der Waals surface area contributed by atoms with Crippen molar-refractivity contribution in [2.75, 3.05) is 27.9 Å². The summed E-state index contributed by atoms with van der Waals surface area (Å²) in [6, 6.07) is 7.26. The van der Waals surface area contributed by atoms with Crippen LogP contribution >= 0.6 is 24.0 Å². The molecule has 0 N–H and O–H groups in total. The average Bonchev–Trinajstić information content (AvgIpc) is 3.27. The number of nitrogens with zero attached hydrogens (tertiary/aromatic N) is 1. The molecule has 2 heterocycles. The largest absolute Gasteiger partial charge is 0.493 e. The Morgan fingerprint density at radius 3 is 2.39 bits per heavy atom. The molecule has 1 aromatic carbocycles. The Hall–Kier alpha value is -2.45. The molecule has 0 aliphatic carbocycles. The quantitative estimate of drug-likeness (QED) is 0.481. The van der Waals surface area contributed by atoms with Crippen LogP contribution in [0.3, 0.4) is 0 Å². The van der Waals surface area contributed by atoms with Gasteiger partial charge in [0.15, 0.2) is 11.5 Å². The highest BCUT2D eigenvalue weighted by molar-refractivity contribution is 8.26. The molecule has 1 saturated heterocycles. The predicted molar refractivity (Wildman–Crippen MR) is 114 cm³/mol. The standard InChI is InChI=1S/C20H21NO5S2/c1-5-8-21-19(22)17(28-20(21)27)11-13-6-7-14(26-13)12-9-15(23-2)18(25-4)16(10-12)24-3/h6-7,9-11H,5,8H2,1-4H3/b17-11-. The van der Waals surface area contributed by atoms with Gasteiger partial charge in [-0.05, 0) is 30.7 Å². The Kier molecular flexibility index (Phi) is 6.31. The van der Waals surface area contributed by atoms with E-state index in [1.807, 2.05) is 31.2 Å². The molecular weight excluding hydrogens is 398 g/mol. The third kappa shape index (κ3) is 3.88. The molecule has 1 aliphatic heterocycles. The van der Waals surface area contributed by atoms with E-state index in [1.54, 1.807) is 32.3 Å². The molecule has 0 bridgehead atoms. The number of carbonyl (C=O) groups excluding carboxylic acids is 1. The lowest BCUT2D eigenvalue weighted by Gasteiger charge is -2.13. The van der Waals surface area contributed by atoms with Gasteiger partial charge in [0, 0.05) is 18.2 Å². The number of rotatable bonds is 7. The number of carbonyl (C=O) groups is 1. The van der Waals surface area contributed by atoms with Crippen LogP contribution in [0.4, 0.5) is 0 Å². The zero-order chi connectivity index (χ0) is 20.3. The number of ether oxygens (including phenoxy) is 3. The Morgan fingerprint density at radius 1 is 1.14 bits per heavy atom. The smallest absolute Gasteiger partial charge is 0.266 e. The van der Waals surface area contributed by atoms with Gasteiger partial charge in [0.1, 0.15) is 15.8 Å². The summed E-state index contributed by atoms with van der Waals surface area (Å²) in [6.45, 7) is 2.63. The maximum absolute atomic E-state index is 12.5. The van der Waals surface area contributed by atoms with E-state index in [-0.39, 0.29) is 5.91 Å². The minimum atomic E-state index is -0.0809. The molecule has 0 saturated carbocycles. The highest BCUT2D eigenvalue weighted by Gasteiger charge is 2.31. The lowest BCUT2D eigenvalue weighted by Crippen LogP contribution is -2.28. The molecule has 1 amide bonds. The minimum absolute atomic E-state index is 0.0809. The van der Waals surface area contributed by atoms with Crippen molar-refractivity contribution in [1.29, 1.82) is 0 Å². The van der Waals surface area contributed by atoms with Crippen LogP contribution in [0.15, 0.2) is 33.6 Å². The summed E-state index contributed by atoms with van der Waals surface area (Å²) in [5.41, 5.74) is 0.771. The van der Waals surface area contributed by atoms with Crippen LogP contribution < -0.4 is 14.2 Å². The Morgan fingerprint density at radius 2 is 1.82 bits per heavy atom. The second kappa shape index (κ2) is 8.70. The summed E-state index contributed by atoms with van der Waals surface area (Å²) < 4.78 is 22.6. The Balaban J connectivity index is 1.91. The first-order chi connectivity index (χ1) is 13.5. The fourth-order valence-electron chi connectivity index (χ4n) is 2.85. The normalized spacial score (nSPS) is 15.4. The van der Waals surface area contributed by atoms with Gasteiger partial charge >= 0.3 is 0 Å². The zero-order valence-electron chi connectivity index (χ0n) is 16.1. The minimum Gasteiger partial charge on any atom is -0.493 e. The van der Waals surface area contributed by atoms with Crippen LogP contribution in [0.2, 0.25) is 0 Å². The van der Waals surface area contributed by atoms with Gasteiger partial charge in [-0.25, -0.2) is 0 Å². The summed E-state index contributed by atoms with van der Waals surface area (Å²) in [4.78, 5) is 14.7. The number of benzene rings is 1. The van der Waals surface area contributed by atoms with Crippen LogP contribution in [0.25, 0.3) is 17.4 Å². The van der Waals surface area contributed by atoms with E-state index < -0.39 is 0 Å². The fraction of sp³-hybridized carbons (Fsp3) is 0.300. The van der Waals surface area contributed by atoms with Gasteiger partial charge in [-0.1, -0.05) is 30.9 Å². The molecule has 0 radical (unpaired) electrons. The topological polar surface area (TPSA) is 61.1 Å². The fourth-order valence-corrected chi connectivity index (χ4v) is 4.14. The predicted octanol–water partition coefficient (Wildman–Crippen LogP) is 4.58. The second-order valence-electron chi connectivity index (χ2n) is 5.95. The SMILES string of the molecule is CCCN1C(=O)/C(=C/c2ccc(-c3cc(OC)c(OC)c(OC)c3)o2)SC1=S. The molecule has 0 atom stereocenters. The molecule has 2 aromatic rings. The maximum Gasteiger partial charge on any atom is 0.266 e. The molecule has 0 spiro atoms. The van der Waals surface area contributed by atoms with Crippen LogP contribution in [0.1, 0.15) is 19.1 Å². The second-order valence-corrected chi connectivity index (χ2v) is 7.63. The van der Waals surface area contributed by atoms with Gasteiger partial charge in [-0.15, -0.1) is 0 Å². The van der Waals surface area contributed by atoms with Gasteiger partial charge in [-0.3, -0.25) is 9.69 Å². The summed E-state index contributed by atoms with van der Waals surface area (Å²) >= 11 is 6.59. The van der Waals surface area contributed by atoms with Crippen LogP contribution in [0.5, 0.6) is 17.2 Å². The van der Waals surface area contributed by atoms with Crippen molar-refractivity contribution in [1.82, 2.24) is 4.90 Å². The number of methoxy groups -OCH3 is 3. The van der Waals surface area contributed by atoms with Gasteiger partial charge in [-0.2, -0.15) is 0 Å². The highest BCUT2D eigenvalue weighted by atomic mass is 32.2. The first-order valence-electron chi connectivity index (χ1n) is 8.68. The molecule has 3 rings (SSSR count). The number of amides is 1. The number of thiocarbonyl (C=S) groups is 1. The lowest BCUT2D eigenvalue weighted by atomic mass is 10.1. The summed E-state index contributed by atoms with van der Waals surface area (Å²) in [5.74, 6) is 2.70. The van der Waals surface area contributed by atoms with Gasteiger partial charge in [0.05, 0.1) is 26.2 Å². The molecule has 28 heavy (non-hydrogen) atoms. The zero-order valence-corrected chi connectivity index (χ0v) is 17.7. The van der Waals surface area contributed by atoms with Gasteiger partial charge in [0.25, 0.3) is 5.91 Å². The van der Waals surface area contributed by atoms with Crippen molar-refractivity contribution in [2.45, 2.75) is 13.3 Å². The number of thioether (sulfide) groups is 1. The van der Waals surface area contributed by atoms with E-state index in [2.05, 4.69) is 0 Å². The monoisotopic (exact) mass is 419 g/mol. The van der Waals surface area contributed by atoms with Crippen LogP contribution in [0, 0.1) is 0 Å². The maximum atomic E-state index is 12.5. The summed E-state index contributed by atoms with van der Waals surface area (Å²) in [6.07, 6.45) is 2.57. The van der Waals surface area contributed by atoms with Crippen molar-refractivity contribution in [3.63, 3.8) is 0 Å². The van der Waals surface area contributed by atoms with E-state index in [0.717, 1.165) is 12.0 Å². The first kappa shape index (κ1) is 20.3. The molecule has 148 valence electrons. The average molecular weight is 420 g/mol. The third-order valence-corrected chi connectivity index (χ3v) is 5.55. The van der Waals surface area contributed by atoms with E-state index in [1.165, 1.54) is 11.8 Å². The third-order valence-electron chi connectivity index (χ3n) is 4.17. The highest BCUT2D eigenvalue weighted by Crippen LogP contribution is 2.42. The Bertz CT molecular complexity index is 909. The molecule has 8 heteroatoms. The van der Waals surface area contributed by atoms with Crippen molar-refractivity contribution in [2.24, 2.45) is 0 Å². The first-order valence-corrected chi connectivity index (χ1v) is 9.90. The van der Waals surface area contributed by atoms with Crippen molar-refractivity contribution < 1.29 is 23.4 Å². The molecule has 1 aliphatic rings. The van der Waals surface area contributed by atoms with E-state index in [4.69, 9.17) is 30.8 Å². The van der Waals surface area contributed by atoms with E-state index in [9.17, 15) is 4.79 Å². The molecule has 1 fully saturated rings. The van der Waals surface area contributed by atoms with E-state index >= 15 is 0 Å². The molecule has 0 unspecified atom stereocenters. The lowest BCUT2D eigenvalue weighted by molar-refractivity contribution is -0.122.